The highest BCUT2D eigenvalue weighted by Crippen LogP contribution is 2.30. The number of halogens is 3. The van der Waals surface area contributed by atoms with E-state index in [1.807, 2.05) is 0 Å². The molecule has 1 heterocycles. The second-order valence-corrected chi connectivity index (χ2v) is 3.84. The SMILES string of the molecule is Cl.NCc1cc(Cl)sc1Cl. The van der Waals surface area contributed by atoms with Crippen molar-refractivity contribution < 1.29 is 0 Å². The summed E-state index contributed by atoms with van der Waals surface area (Å²) in [6.45, 7) is 0.460. The molecule has 1 nitrogen and oxygen atoms in total. The number of rotatable bonds is 1. The number of hydrogen-bond acceptors (Lipinski definition) is 2. The maximum absolute atomic E-state index is 5.70. The molecule has 0 radical (unpaired) electrons. The molecule has 0 bridgehead atoms. The summed E-state index contributed by atoms with van der Waals surface area (Å²) in [7, 11) is 0. The number of hydrogen-bond donors (Lipinski definition) is 1. The zero-order valence-corrected chi connectivity index (χ0v) is 8.08. The monoisotopic (exact) mass is 217 g/mol. The van der Waals surface area contributed by atoms with Crippen molar-refractivity contribution in [3.63, 3.8) is 0 Å². The average molecular weight is 219 g/mol. The van der Waals surface area contributed by atoms with Gasteiger partial charge in [-0.2, -0.15) is 0 Å². The van der Waals surface area contributed by atoms with Gasteiger partial charge in [0.2, 0.25) is 0 Å². The molecule has 1 aromatic rings. The molecule has 0 saturated heterocycles. The van der Waals surface area contributed by atoms with E-state index in [1.54, 1.807) is 6.07 Å². The molecule has 1 rings (SSSR count). The van der Waals surface area contributed by atoms with Crippen LogP contribution in [0.2, 0.25) is 8.67 Å². The van der Waals surface area contributed by atoms with Crippen LogP contribution in [-0.2, 0) is 6.54 Å². The zero-order valence-electron chi connectivity index (χ0n) is 4.93. The molecule has 0 aromatic carbocycles. The third-order valence-corrected chi connectivity index (χ3v) is 2.52. The van der Waals surface area contributed by atoms with Crippen molar-refractivity contribution in [2.75, 3.05) is 0 Å². The van der Waals surface area contributed by atoms with Gasteiger partial charge in [-0.1, -0.05) is 23.2 Å². The minimum Gasteiger partial charge on any atom is -0.326 e. The van der Waals surface area contributed by atoms with Crippen molar-refractivity contribution in [1.82, 2.24) is 0 Å². The zero-order chi connectivity index (χ0) is 6.85. The molecule has 0 fully saturated rings. The van der Waals surface area contributed by atoms with E-state index in [0.29, 0.717) is 15.2 Å². The van der Waals surface area contributed by atoms with Gasteiger partial charge in [-0.15, -0.1) is 23.7 Å². The Morgan fingerprint density at radius 2 is 2.10 bits per heavy atom. The van der Waals surface area contributed by atoms with Crippen molar-refractivity contribution in [3.05, 3.63) is 20.3 Å². The Bertz CT molecular complexity index is 211. The van der Waals surface area contributed by atoms with Crippen LogP contribution in [0.3, 0.4) is 0 Å². The van der Waals surface area contributed by atoms with Crippen LogP contribution in [0.15, 0.2) is 6.07 Å². The van der Waals surface area contributed by atoms with Crippen molar-refractivity contribution in [1.29, 1.82) is 0 Å². The van der Waals surface area contributed by atoms with Gasteiger partial charge in [0, 0.05) is 6.54 Å². The molecule has 10 heavy (non-hydrogen) atoms. The first-order chi connectivity index (χ1) is 4.24. The molecule has 0 spiro atoms. The normalized spacial score (nSPS) is 9.10. The molecular formula is C5H6Cl3NS. The highest BCUT2D eigenvalue weighted by Gasteiger charge is 2.01. The summed E-state index contributed by atoms with van der Waals surface area (Å²) in [6, 6.07) is 1.79. The quantitative estimate of drug-likeness (QED) is 0.771. The maximum atomic E-state index is 5.70. The molecule has 0 aliphatic rings. The minimum absolute atomic E-state index is 0. The van der Waals surface area contributed by atoms with Crippen LogP contribution >= 0.6 is 46.9 Å². The first kappa shape index (κ1) is 10.5. The first-order valence-electron chi connectivity index (χ1n) is 2.38. The predicted molar refractivity (Wildman–Crippen MR) is 49.5 cm³/mol. The van der Waals surface area contributed by atoms with Crippen LogP contribution in [0.1, 0.15) is 5.56 Å². The highest BCUT2D eigenvalue weighted by atomic mass is 35.5. The van der Waals surface area contributed by atoms with E-state index >= 15 is 0 Å². The summed E-state index contributed by atoms with van der Waals surface area (Å²) in [5, 5.41) is 0. The van der Waals surface area contributed by atoms with Crippen molar-refractivity contribution >= 4 is 46.9 Å². The summed E-state index contributed by atoms with van der Waals surface area (Å²) in [5.74, 6) is 0. The van der Waals surface area contributed by atoms with Crippen LogP contribution in [0.25, 0.3) is 0 Å². The third-order valence-electron chi connectivity index (χ3n) is 0.947. The van der Waals surface area contributed by atoms with Gasteiger partial charge in [0.05, 0.1) is 8.67 Å². The van der Waals surface area contributed by atoms with E-state index in [1.165, 1.54) is 11.3 Å². The molecule has 5 heteroatoms. The van der Waals surface area contributed by atoms with Gasteiger partial charge in [-0.25, -0.2) is 0 Å². The Morgan fingerprint density at radius 1 is 1.50 bits per heavy atom. The molecule has 0 aliphatic heterocycles. The van der Waals surface area contributed by atoms with Gasteiger partial charge in [0.25, 0.3) is 0 Å². The van der Waals surface area contributed by atoms with E-state index in [4.69, 9.17) is 28.9 Å². The van der Waals surface area contributed by atoms with Crippen LogP contribution < -0.4 is 5.73 Å². The highest BCUT2D eigenvalue weighted by molar-refractivity contribution is 7.20. The Morgan fingerprint density at radius 3 is 2.30 bits per heavy atom. The van der Waals surface area contributed by atoms with Crippen LogP contribution in [0.5, 0.6) is 0 Å². The van der Waals surface area contributed by atoms with E-state index in [0.717, 1.165) is 5.56 Å². The fraction of sp³-hybridized carbons (Fsp3) is 0.200. The van der Waals surface area contributed by atoms with Gasteiger partial charge in [0.15, 0.2) is 0 Å². The van der Waals surface area contributed by atoms with Gasteiger partial charge in [-0.05, 0) is 11.6 Å². The summed E-state index contributed by atoms with van der Waals surface area (Å²) < 4.78 is 1.39. The van der Waals surface area contributed by atoms with Crippen molar-refractivity contribution in [2.24, 2.45) is 5.73 Å². The molecule has 1 aromatic heterocycles. The molecule has 0 atom stereocenters. The van der Waals surface area contributed by atoms with Crippen LogP contribution in [0, 0.1) is 0 Å². The van der Waals surface area contributed by atoms with E-state index < -0.39 is 0 Å². The molecule has 0 aliphatic carbocycles. The van der Waals surface area contributed by atoms with E-state index in [2.05, 4.69) is 0 Å². The summed E-state index contributed by atoms with van der Waals surface area (Å²) in [4.78, 5) is 0. The third kappa shape index (κ3) is 2.29. The van der Waals surface area contributed by atoms with Crippen molar-refractivity contribution in [2.45, 2.75) is 6.54 Å². The fourth-order valence-electron chi connectivity index (χ4n) is 0.514. The Balaban J connectivity index is 0.000000810. The first-order valence-corrected chi connectivity index (χ1v) is 3.95. The largest absolute Gasteiger partial charge is 0.326 e. The lowest BCUT2D eigenvalue weighted by Crippen LogP contribution is -1.93. The predicted octanol–water partition coefficient (Wildman–Crippen LogP) is 2.94. The summed E-state index contributed by atoms with van der Waals surface area (Å²) >= 11 is 12.7. The Labute approximate surface area is 79.5 Å². The topological polar surface area (TPSA) is 26.0 Å². The van der Waals surface area contributed by atoms with Gasteiger partial charge < -0.3 is 5.73 Å². The van der Waals surface area contributed by atoms with Gasteiger partial charge >= 0.3 is 0 Å². The lowest BCUT2D eigenvalue weighted by atomic mass is 10.3. The fourth-order valence-corrected chi connectivity index (χ4v) is 2.02. The van der Waals surface area contributed by atoms with Crippen LogP contribution in [0.4, 0.5) is 0 Å². The minimum atomic E-state index is 0. The van der Waals surface area contributed by atoms with Crippen molar-refractivity contribution in [3.8, 4) is 0 Å². The lowest BCUT2D eigenvalue weighted by Gasteiger charge is -1.85. The number of nitrogens with two attached hydrogens (primary N) is 1. The molecular weight excluding hydrogens is 212 g/mol. The Kier molecular flexibility index (Phi) is 4.65. The average Bonchev–Trinajstić information content (AvgIpc) is 2.10. The second kappa shape index (κ2) is 4.42. The Hall–Kier alpha value is 0.530. The van der Waals surface area contributed by atoms with Gasteiger partial charge in [0.1, 0.15) is 0 Å². The molecule has 0 unspecified atom stereocenters. The molecule has 0 amide bonds. The second-order valence-electron chi connectivity index (χ2n) is 1.55. The summed E-state index contributed by atoms with van der Waals surface area (Å²) in [6.07, 6.45) is 0. The molecule has 58 valence electrons. The lowest BCUT2D eigenvalue weighted by molar-refractivity contribution is 1.08. The van der Waals surface area contributed by atoms with E-state index in [-0.39, 0.29) is 12.4 Å². The standard InChI is InChI=1S/C5H5Cl2NS.ClH/c6-4-1-3(2-8)5(7)9-4;/h1H,2,8H2;1H. The van der Waals surface area contributed by atoms with E-state index in [9.17, 15) is 0 Å². The van der Waals surface area contributed by atoms with Gasteiger partial charge in [-0.3, -0.25) is 0 Å². The van der Waals surface area contributed by atoms with Crippen LogP contribution in [-0.4, -0.2) is 0 Å². The summed E-state index contributed by atoms with van der Waals surface area (Å²) in [5.41, 5.74) is 6.25. The maximum Gasteiger partial charge on any atom is 0.0989 e. The molecule has 0 saturated carbocycles. The number of thiophene rings is 1. The smallest absolute Gasteiger partial charge is 0.0989 e. The molecule has 2 N–H and O–H groups in total.